The normalized spacial score (nSPS) is 47.0. The molecule has 82 valence electrons. The minimum Gasteiger partial charge on any atom is -0.244 e. The second-order valence-corrected chi connectivity index (χ2v) is 8.28. The molecule has 0 aromatic heterocycles. The zero-order valence-corrected chi connectivity index (χ0v) is 9.16. The summed E-state index contributed by atoms with van der Waals surface area (Å²) in [4.78, 5) is 0. The van der Waals surface area contributed by atoms with Crippen LogP contribution in [0.3, 0.4) is 0 Å². The van der Waals surface area contributed by atoms with Crippen molar-refractivity contribution >= 4 is 19.7 Å². The van der Waals surface area contributed by atoms with Crippen LogP contribution in [0.25, 0.3) is 0 Å². The first-order chi connectivity index (χ1) is 6.48. The highest BCUT2D eigenvalue weighted by atomic mass is 33.1. The van der Waals surface area contributed by atoms with Crippen molar-refractivity contribution in [2.24, 2.45) is 11.8 Å². The fourth-order valence-corrected chi connectivity index (χ4v) is 5.95. The van der Waals surface area contributed by atoms with Crippen LogP contribution in [-0.4, -0.2) is 32.3 Å². The molecule has 2 fully saturated rings. The van der Waals surface area contributed by atoms with Crippen LogP contribution in [0.1, 0.15) is 12.8 Å². The van der Waals surface area contributed by atoms with Crippen LogP contribution in [0.5, 0.6) is 0 Å². The van der Waals surface area contributed by atoms with Gasteiger partial charge in [0.2, 0.25) is 8.87 Å². The van der Waals surface area contributed by atoms with Crippen LogP contribution >= 0.6 is 10.8 Å². The van der Waals surface area contributed by atoms with E-state index in [4.69, 9.17) is 0 Å². The van der Waals surface area contributed by atoms with Crippen molar-refractivity contribution in [2.75, 3.05) is 11.5 Å². The highest BCUT2D eigenvalue weighted by Crippen LogP contribution is 2.42. The first kappa shape index (κ1) is 10.7. The van der Waals surface area contributed by atoms with E-state index in [-0.39, 0.29) is 30.4 Å². The van der Waals surface area contributed by atoms with Gasteiger partial charge in [-0.25, -0.2) is 17.2 Å². The van der Waals surface area contributed by atoms with Crippen LogP contribution in [0.4, 0.5) is 8.78 Å². The third kappa shape index (κ3) is 2.05. The topological polar surface area (TPSA) is 34.1 Å². The molecule has 2 aliphatic rings. The lowest BCUT2D eigenvalue weighted by Crippen LogP contribution is -2.40. The van der Waals surface area contributed by atoms with Crippen molar-refractivity contribution in [1.82, 2.24) is 0 Å². The maximum absolute atomic E-state index is 13.0. The first-order valence-corrected chi connectivity index (χ1v) is 7.78. The molecule has 14 heavy (non-hydrogen) atoms. The Kier molecular flexibility index (Phi) is 2.76. The van der Waals surface area contributed by atoms with Gasteiger partial charge in [-0.05, 0) is 35.5 Å². The van der Waals surface area contributed by atoms with Crippen LogP contribution in [0, 0.1) is 11.8 Å². The zero-order valence-electron chi connectivity index (χ0n) is 7.53. The van der Waals surface area contributed by atoms with Gasteiger partial charge in [0.25, 0.3) is 0 Å². The molecule has 0 bridgehead atoms. The highest BCUT2D eigenvalue weighted by Gasteiger charge is 2.42. The van der Waals surface area contributed by atoms with Crippen molar-refractivity contribution < 1.29 is 17.2 Å². The van der Waals surface area contributed by atoms with E-state index in [0.717, 1.165) is 10.8 Å². The Balaban J connectivity index is 2.09. The number of hydrogen-bond donors (Lipinski definition) is 0. The van der Waals surface area contributed by atoms with E-state index in [9.17, 15) is 17.2 Å². The predicted octanol–water partition coefficient (Wildman–Crippen LogP) is 1.77. The van der Waals surface area contributed by atoms with Crippen LogP contribution in [0.2, 0.25) is 0 Å². The lowest BCUT2D eigenvalue weighted by atomic mass is 9.79. The standard InChI is InChI=1S/C8H12F2O2S2/c9-7-1-5-3-13-14(11,12)4-6(5)2-8(7)10/h5-8H,1-4H2. The summed E-state index contributed by atoms with van der Waals surface area (Å²) in [5, 5.41) is 0. The number of hydrogen-bond acceptors (Lipinski definition) is 3. The molecule has 0 N–H and O–H groups in total. The second-order valence-electron chi connectivity index (χ2n) is 4.03. The van der Waals surface area contributed by atoms with E-state index < -0.39 is 21.2 Å². The van der Waals surface area contributed by atoms with Crippen molar-refractivity contribution in [2.45, 2.75) is 25.2 Å². The van der Waals surface area contributed by atoms with E-state index in [0.29, 0.717) is 5.75 Å². The predicted molar refractivity (Wildman–Crippen MR) is 52.3 cm³/mol. The largest absolute Gasteiger partial charge is 0.244 e. The summed E-state index contributed by atoms with van der Waals surface area (Å²) >= 11 is 0. The fourth-order valence-electron chi connectivity index (χ4n) is 2.17. The Labute approximate surface area is 85.8 Å². The quantitative estimate of drug-likeness (QED) is 0.607. The van der Waals surface area contributed by atoms with Crippen LogP contribution in [-0.2, 0) is 8.87 Å². The number of alkyl halides is 2. The highest BCUT2D eigenvalue weighted by molar-refractivity contribution is 8.72. The van der Waals surface area contributed by atoms with Crippen LogP contribution in [0.15, 0.2) is 0 Å². The van der Waals surface area contributed by atoms with Gasteiger partial charge in [-0.2, -0.15) is 0 Å². The van der Waals surface area contributed by atoms with Gasteiger partial charge >= 0.3 is 0 Å². The smallest absolute Gasteiger partial charge is 0.201 e. The molecule has 0 aromatic carbocycles. The van der Waals surface area contributed by atoms with Gasteiger partial charge in [0.05, 0.1) is 5.75 Å². The van der Waals surface area contributed by atoms with E-state index in [2.05, 4.69) is 0 Å². The summed E-state index contributed by atoms with van der Waals surface area (Å²) in [6.45, 7) is 0. The third-order valence-corrected chi connectivity index (χ3v) is 6.65. The molecular formula is C8H12F2O2S2. The van der Waals surface area contributed by atoms with Gasteiger partial charge in [0.15, 0.2) is 0 Å². The van der Waals surface area contributed by atoms with Gasteiger partial charge in [-0.1, -0.05) is 0 Å². The summed E-state index contributed by atoms with van der Waals surface area (Å²) in [5.41, 5.74) is 0. The average Bonchev–Trinajstić information content (AvgIpc) is 2.07. The molecule has 1 saturated heterocycles. The van der Waals surface area contributed by atoms with Crippen molar-refractivity contribution in [1.29, 1.82) is 0 Å². The minimum absolute atomic E-state index is 0.0233. The molecule has 0 aromatic rings. The Morgan fingerprint density at radius 3 is 2.29 bits per heavy atom. The molecule has 4 unspecified atom stereocenters. The molecule has 6 heteroatoms. The summed E-state index contributed by atoms with van der Waals surface area (Å²) in [6.07, 6.45) is -2.59. The van der Waals surface area contributed by atoms with Crippen molar-refractivity contribution in [3.05, 3.63) is 0 Å². The van der Waals surface area contributed by atoms with Crippen molar-refractivity contribution in [3.8, 4) is 0 Å². The molecule has 2 rings (SSSR count). The van der Waals surface area contributed by atoms with Gasteiger partial charge in [0, 0.05) is 5.75 Å². The molecule has 0 radical (unpaired) electrons. The monoisotopic (exact) mass is 242 g/mol. The number of rotatable bonds is 0. The van der Waals surface area contributed by atoms with Crippen molar-refractivity contribution in [3.63, 3.8) is 0 Å². The van der Waals surface area contributed by atoms with E-state index >= 15 is 0 Å². The minimum atomic E-state index is -3.07. The molecule has 1 aliphatic heterocycles. The third-order valence-electron chi connectivity index (χ3n) is 2.99. The lowest BCUT2D eigenvalue weighted by Gasteiger charge is -2.37. The molecule has 2 nitrogen and oxygen atoms in total. The summed E-state index contributed by atoms with van der Waals surface area (Å²) in [5.74, 6) is 0.337. The van der Waals surface area contributed by atoms with E-state index in [1.807, 2.05) is 0 Å². The molecule has 1 saturated carbocycles. The van der Waals surface area contributed by atoms with Gasteiger partial charge in [-0.15, -0.1) is 0 Å². The lowest BCUT2D eigenvalue weighted by molar-refractivity contribution is 0.0649. The number of fused-ring (bicyclic) bond motifs is 1. The molecular weight excluding hydrogens is 230 g/mol. The molecule has 1 aliphatic carbocycles. The van der Waals surface area contributed by atoms with Crippen LogP contribution < -0.4 is 0 Å². The number of halogens is 2. The fraction of sp³-hybridized carbons (Fsp3) is 1.00. The van der Waals surface area contributed by atoms with E-state index in [1.165, 1.54) is 0 Å². The first-order valence-electron chi connectivity index (χ1n) is 4.63. The van der Waals surface area contributed by atoms with Gasteiger partial charge < -0.3 is 0 Å². The summed E-state index contributed by atoms with van der Waals surface area (Å²) in [6, 6.07) is 0. The molecule has 0 amide bonds. The van der Waals surface area contributed by atoms with Gasteiger partial charge in [-0.3, -0.25) is 0 Å². The molecule has 4 atom stereocenters. The van der Waals surface area contributed by atoms with Gasteiger partial charge in [0.1, 0.15) is 12.3 Å². The maximum atomic E-state index is 13.0. The van der Waals surface area contributed by atoms with E-state index in [1.54, 1.807) is 0 Å². The Bertz CT molecular complexity index is 317. The second kappa shape index (κ2) is 3.63. The Morgan fingerprint density at radius 1 is 1.07 bits per heavy atom. The molecule has 1 heterocycles. The average molecular weight is 242 g/mol. The summed E-state index contributed by atoms with van der Waals surface area (Å²) in [7, 11) is -2.17. The Hall–Kier alpha value is 0.160. The zero-order chi connectivity index (χ0) is 10.3. The Morgan fingerprint density at radius 2 is 1.64 bits per heavy atom. The summed E-state index contributed by atoms with van der Waals surface area (Å²) < 4.78 is 48.5. The molecule has 0 spiro atoms. The maximum Gasteiger partial charge on any atom is 0.201 e. The SMILES string of the molecule is O=S1(=O)CC2CC(F)C(F)CC2CS1.